The Morgan fingerprint density at radius 2 is 1.41 bits per heavy atom. The number of nitrogens with one attached hydrogen (secondary N) is 2. The van der Waals surface area contributed by atoms with Gasteiger partial charge in [-0.15, -0.1) is 0 Å². The molecule has 3 N–H and O–H groups in total. The molecule has 0 aliphatic carbocycles. The lowest BCUT2D eigenvalue weighted by Gasteiger charge is -2.14. The molecule has 0 aromatic heterocycles. The molecule has 8 nitrogen and oxygen atoms in total. The van der Waals surface area contributed by atoms with Gasteiger partial charge in [0, 0.05) is 0 Å². The summed E-state index contributed by atoms with van der Waals surface area (Å²) in [6, 6.07) is 16.2. The first-order valence-electron chi connectivity index (χ1n) is 9.77. The molecule has 0 radical (unpaired) electrons. The highest BCUT2D eigenvalue weighted by atomic mass is 32.2. The number of hydrogen-bond donors (Lipinski definition) is 3. The lowest BCUT2D eigenvalue weighted by molar-refractivity contribution is 0.417. The number of sulfonamides is 2. The lowest BCUT2D eigenvalue weighted by Crippen LogP contribution is -2.16. The van der Waals surface area contributed by atoms with E-state index in [9.17, 15) is 21.9 Å². The van der Waals surface area contributed by atoms with Crippen molar-refractivity contribution < 1.29 is 26.7 Å². The highest BCUT2D eigenvalue weighted by Gasteiger charge is 2.21. The smallest absolute Gasteiger partial charge is 0.262 e. The number of aryl methyl sites for hydroxylation is 1. The molecule has 0 spiro atoms. The molecule has 0 fully saturated rings. The molecule has 0 saturated carbocycles. The Morgan fingerprint density at radius 1 is 0.812 bits per heavy atom. The second-order valence-corrected chi connectivity index (χ2v) is 10.3. The van der Waals surface area contributed by atoms with Gasteiger partial charge in [0.2, 0.25) is 0 Å². The molecule has 0 heterocycles. The predicted octanol–water partition coefficient (Wildman–Crippen LogP) is 3.95. The fourth-order valence-corrected chi connectivity index (χ4v) is 5.19. The summed E-state index contributed by atoms with van der Waals surface area (Å²) in [4.78, 5) is -0.241. The van der Waals surface area contributed by atoms with Crippen molar-refractivity contribution in [2.45, 2.75) is 29.6 Å². The largest absolute Gasteiger partial charge is 0.506 e. The second-order valence-electron chi connectivity index (χ2n) is 6.98. The summed E-state index contributed by atoms with van der Waals surface area (Å²) < 4.78 is 61.0. The standard InChI is InChI=1S/C22H24N2O6S2/c1-3-6-16-9-11-17(12-10-16)31(26,27)24-20-15-18(13-14-21(20)25)32(28,29)23-19-7-4-5-8-22(19)30-2/h4-5,7-15,23-25H,3,6H2,1-2H3. The van der Waals surface area contributed by atoms with Crippen molar-refractivity contribution in [3.8, 4) is 11.5 Å². The molecule has 0 atom stereocenters. The monoisotopic (exact) mass is 476 g/mol. The Balaban J connectivity index is 1.89. The van der Waals surface area contributed by atoms with Crippen LogP contribution in [0.25, 0.3) is 0 Å². The zero-order valence-corrected chi connectivity index (χ0v) is 19.2. The number of aromatic hydroxyl groups is 1. The van der Waals surface area contributed by atoms with Crippen molar-refractivity contribution in [3.63, 3.8) is 0 Å². The number of rotatable bonds is 9. The van der Waals surface area contributed by atoms with Gasteiger partial charge in [0.05, 0.1) is 28.3 Å². The Labute approximate surface area is 188 Å². The molecule has 10 heteroatoms. The van der Waals surface area contributed by atoms with E-state index in [1.54, 1.807) is 30.3 Å². The van der Waals surface area contributed by atoms with E-state index in [4.69, 9.17) is 4.74 Å². The molecule has 3 aromatic carbocycles. The Hall–Kier alpha value is -3.24. The number of ether oxygens (including phenoxy) is 1. The summed E-state index contributed by atoms with van der Waals surface area (Å²) in [5.41, 5.74) is 0.965. The maximum atomic E-state index is 12.8. The molecular weight excluding hydrogens is 452 g/mol. The van der Waals surface area contributed by atoms with Gasteiger partial charge in [-0.25, -0.2) is 16.8 Å². The zero-order valence-electron chi connectivity index (χ0n) is 17.6. The maximum Gasteiger partial charge on any atom is 0.262 e. The zero-order chi connectivity index (χ0) is 23.4. The fourth-order valence-electron chi connectivity index (χ4n) is 3.02. The number of hydrogen-bond acceptors (Lipinski definition) is 6. The van der Waals surface area contributed by atoms with Gasteiger partial charge >= 0.3 is 0 Å². The van der Waals surface area contributed by atoms with Gasteiger partial charge in [-0.05, 0) is 54.4 Å². The molecule has 0 aliphatic rings. The highest BCUT2D eigenvalue weighted by molar-refractivity contribution is 7.93. The van der Waals surface area contributed by atoms with Gasteiger partial charge in [-0.2, -0.15) is 0 Å². The van der Waals surface area contributed by atoms with E-state index >= 15 is 0 Å². The van der Waals surface area contributed by atoms with Crippen LogP contribution in [0.5, 0.6) is 11.5 Å². The van der Waals surface area contributed by atoms with Crippen LogP contribution in [0.15, 0.2) is 76.5 Å². The number of benzene rings is 3. The minimum absolute atomic E-state index is 0.00263. The summed E-state index contributed by atoms with van der Waals surface area (Å²) in [7, 11) is -6.73. The fraction of sp³-hybridized carbons (Fsp3) is 0.182. The Bertz CT molecular complexity index is 1300. The quantitative estimate of drug-likeness (QED) is 0.402. The number of phenolic OH excluding ortho intramolecular Hbond substituents is 1. The minimum atomic E-state index is -4.09. The highest BCUT2D eigenvalue weighted by Crippen LogP contribution is 2.31. The topological polar surface area (TPSA) is 122 Å². The number of anilines is 2. The van der Waals surface area contributed by atoms with Crippen LogP contribution in [-0.2, 0) is 26.5 Å². The van der Waals surface area contributed by atoms with E-state index in [2.05, 4.69) is 9.44 Å². The van der Waals surface area contributed by atoms with E-state index in [0.29, 0.717) is 5.75 Å². The van der Waals surface area contributed by atoms with Gasteiger partial charge in [0.15, 0.2) is 0 Å². The molecule has 0 saturated heterocycles. The first-order chi connectivity index (χ1) is 15.2. The first-order valence-corrected chi connectivity index (χ1v) is 12.7. The van der Waals surface area contributed by atoms with Crippen LogP contribution in [0.4, 0.5) is 11.4 Å². The third-order valence-electron chi connectivity index (χ3n) is 4.65. The predicted molar refractivity (Wildman–Crippen MR) is 123 cm³/mol. The SMILES string of the molecule is CCCc1ccc(S(=O)(=O)Nc2cc(S(=O)(=O)Nc3ccccc3OC)ccc2O)cc1. The van der Waals surface area contributed by atoms with Gasteiger partial charge in [-0.3, -0.25) is 9.44 Å². The van der Waals surface area contributed by atoms with E-state index in [1.165, 1.54) is 31.4 Å². The van der Waals surface area contributed by atoms with Crippen LogP contribution in [-0.4, -0.2) is 29.1 Å². The summed E-state index contributed by atoms with van der Waals surface area (Å²) >= 11 is 0. The Kier molecular flexibility index (Phi) is 6.95. The van der Waals surface area contributed by atoms with E-state index in [1.807, 2.05) is 6.92 Å². The average Bonchev–Trinajstić information content (AvgIpc) is 2.76. The number of para-hydroxylation sites is 2. The molecule has 0 bridgehead atoms. The molecule has 32 heavy (non-hydrogen) atoms. The molecule has 0 amide bonds. The van der Waals surface area contributed by atoms with Crippen LogP contribution in [0.3, 0.4) is 0 Å². The molecule has 0 aliphatic heterocycles. The van der Waals surface area contributed by atoms with Crippen molar-refractivity contribution in [1.82, 2.24) is 0 Å². The third-order valence-corrected chi connectivity index (χ3v) is 7.39. The summed E-state index contributed by atoms with van der Waals surface area (Å²) in [6.45, 7) is 2.03. The summed E-state index contributed by atoms with van der Waals surface area (Å²) in [5, 5.41) is 10.1. The first kappa shape index (κ1) is 23.4. The van der Waals surface area contributed by atoms with Crippen LogP contribution in [0, 0.1) is 0 Å². The Morgan fingerprint density at radius 3 is 2.06 bits per heavy atom. The number of phenols is 1. The third kappa shape index (κ3) is 5.32. The van der Waals surface area contributed by atoms with Crippen LogP contribution in [0.1, 0.15) is 18.9 Å². The summed E-state index contributed by atoms with van der Waals surface area (Å²) in [6.07, 6.45) is 1.76. The lowest BCUT2D eigenvalue weighted by atomic mass is 10.1. The molecule has 3 rings (SSSR count). The van der Waals surface area contributed by atoms with E-state index < -0.39 is 25.8 Å². The van der Waals surface area contributed by atoms with Gasteiger partial charge in [0.25, 0.3) is 20.0 Å². The molecule has 3 aromatic rings. The van der Waals surface area contributed by atoms with Crippen molar-refractivity contribution in [2.75, 3.05) is 16.6 Å². The van der Waals surface area contributed by atoms with E-state index in [-0.39, 0.29) is 21.2 Å². The van der Waals surface area contributed by atoms with Gasteiger partial charge in [0.1, 0.15) is 11.5 Å². The van der Waals surface area contributed by atoms with Gasteiger partial charge < -0.3 is 9.84 Å². The van der Waals surface area contributed by atoms with Gasteiger partial charge in [-0.1, -0.05) is 37.6 Å². The van der Waals surface area contributed by atoms with Crippen molar-refractivity contribution >= 4 is 31.4 Å². The second kappa shape index (κ2) is 9.49. The van der Waals surface area contributed by atoms with Crippen molar-refractivity contribution in [2.24, 2.45) is 0 Å². The molecule has 0 unspecified atom stereocenters. The van der Waals surface area contributed by atoms with Crippen LogP contribution < -0.4 is 14.2 Å². The van der Waals surface area contributed by atoms with E-state index in [0.717, 1.165) is 30.5 Å². The molecular formula is C22H24N2O6S2. The number of methoxy groups -OCH3 is 1. The summed E-state index contributed by atoms with van der Waals surface area (Å²) in [5.74, 6) is -0.0882. The van der Waals surface area contributed by atoms with Crippen LogP contribution in [0.2, 0.25) is 0 Å². The van der Waals surface area contributed by atoms with Crippen LogP contribution >= 0.6 is 0 Å². The van der Waals surface area contributed by atoms with Crippen molar-refractivity contribution in [1.29, 1.82) is 0 Å². The van der Waals surface area contributed by atoms with Crippen molar-refractivity contribution in [3.05, 3.63) is 72.3 Å². The average molecular weight is 477 g/mol. The minimum Gasteiger partial charge on any atom is -0.506 e. The molecule has 170 valence electrons. The normalized spacial score (nSPS) is 11.7. The maximum absolute atomic E-state index is 12.8.